The summed E-state index contributed by atoms with van der Waals surface area (Å²) in [5.74, 6) is -0.286. The fourth-order valence-corrected chi connectivity index (χ4v) is 4.60. The van der Waals surface area contributed by atoms with Crippen molar-refractivity contribution in [2.45, 2.75) is 39.0 Å². The van der Waals surface area contributed by atoms with Crippen molar-refractivity contribution in [3.05, 3.63) is 107 Å². The van der Waals surface area contributed by atoms with Crippen LogP contribution in [0, 0.1) is 6.92 Å². The molecule has 5 rings (SSSR count). The molecule has 5 nitrogen and oxygen atoms in total. The normalized spacial score (nSPS) is 17.8. The van der Waals surface area contributed by atoms with E-state index in [0.717, 1.165) is 27.6 Å². The third-order valence-corrected chi connectivity index (χ3v) is 6.58. The first-order valence-electron chi connectivity index (χ1n) is 11.2. The van der Waals surface area contributed by atoms with E-state index in [1.165, 1.54) is 0 Å². The standard InChI is InChI=1S/C28H27N3O2/c1-20-12-14-22(15-13-20)18-31-26(32)25-16-23-10-6-7-11-24(23)30(25)19-28(31,2)27(33)29-17-21-8-4-3-5-9-21/h3-16H,17-19H2,1-2H3,(H,29,33)/t28-/m1/s1. The lowest BCUT2D eigenvalue weighted by Gasteiger charge is -2.44. The van der Waals surface area contributed by atoms with Gasteiger partial charge in [0.05, 0.1) is 6.54 Å². The molecule has 166 valence electrons. The number of hydrogen-bond acceptors (Lipinski definition) is 2. The molecule has 1 N–H and O–H groups in total. The van der Waals surface area contributed by atoms with Crippen molar-refractivity contribution in [2.24, 2.45) is 0 Å². The first-order valence-corrected chi connectivity index (χ1v) is 11.2. The first-order chi connectivity index (χ1) is 16.0. The molecule has 3 aromatic carbocycles. The molecule has 0 radical (unpaired) electrons. The van der Waals surface area contributed by atoms with Gasteiger partial charge in [-0.25, -0.2) is 0 Å². The van der Waals surface area contributed by atoms with Gasteiger partial charge in [-0.05, 0) is 37.1 Å². The number of carbonyl (C=O) groups excluding carboxylic acids is 2. The predicted octanol–water partition coefficient (Wildman–Crippen LogP) is 4.68. The van der Waals surface area contributed by atoms with Gasteiger partial charge < -0.3 is 14.8 Å². The summed E-state index contributed by atoms with van der Waals surface area (Å²) in [5.41, 5.74) is 3.74. The molecule has 33 heavy (non-hydrogen) atoms. The molecular formula is C28H27N3O2. The molecular weight excluding hydrogens is 410 g/mol. The van der Waals surface area contributed by atoms with Gasteiger partial charge in [-0.1, -0.05) is 78.4 Å². The molecule has 1 aliphatic rings. The summed E-state index contributed by atoms with van der Waals surface area (Å²) in [6.45, 7) is 5.09. The number of aromatic nitrogens is 1. The van der Waals surface area contributed by atoms with Gasteiger partial charge in [0.25, 0.3) is 5.91 Å². The quantitative estimate of drug-likeness (QED) is 0.493. The zero-order chi connectivity index (χ0) is 23.0. The third kappa shape index (κ3) is 3.80. The minimum Gasteiger partial charge on any atom is -0.350 e. The van der Waals surface area contributed by atoms with Crippen LogP contribution in [-0.4, -0.2) is 26.8 Å². The number of fused-ring (bicyclic) bond motifs is 3. The summed E-state index contributed by atoms with van der Waals surface area (Å²) in [6, 6.07) is 27.8. The molecule has 5 heteroatoms. The van der Waals surface area contributed by atoms with Crippen LogP contribution in [0.2, 0.25) is 0 Å². The fraction of sp³-hybridized carbons (Fsp3) is 0.214. The highest BCUT2D eigenvalue weighted by Gasteiger charge is 2.47. The Morgan fingerprint density at radius 3 is 2.39 bits per heavy atom. The molecule has 0 aliphatic carbocycles. The molecule has 0 fully saturated rings. The summed E-state index contributed by atoms with van der Waals surface area (Å²) < 4.78 is 1.99. The van der Waals surface area contributed by atoms with Crippen molar-refractivity contribution < 1.29 is 9.59 Å². The summed E-state index contributed by atoms with van der Waals surface area (Å²) in [6.07, 6.45) is 0. The maximum Gasteiger partial charge on any atom is 0.271 e. The van der Waals surface area contributed by atoms with E-state index >= 15 is 0 Å². The number of nitrogens with zero attached hydrogens (tertiary/aromatic N) is 2. The maximum atomic E-state index is 13.8. The van der Waals surface area contributed by atoms with Crippen LogP contribution < -0.4 is 5.32 Å². The number of benzene rings is 3. The van der Waals surface area contributed by atoms with E-state index < -0.39 is 5.54 Å². The first kappa shape index (κ1) is 21.0. The van der Waals surface area contributed by atoms with Gasteiger partial charge >= 0.3 is 0 Å². The van der Waals surface area contributed by atoms with E-state index in [4.69, 9.17) is 0 Å². The van der Waals surface area contributed by atoms with Crippen LogP contribution in [-0.2, 0) is 24.4 Å². The van der Waals surface area contributed by atoms with Crippen LogP contribution >= 0.6 is 0 Å². The lowest BCUT2D eigenvalue weighted by Crippen LogP contribution is -2.63. The molecule has 1 atom stereocenters. The number of para-hydroxylation sites is 1. The van der Waals surface area contributed by atoms with Crippen LogP contribution in [0.1, 0.15) is 34.1 Å². The molecule has 0 spiro atoms. The molecule has 2 amide bonds. The minimum absolute atomic E-state index is 0.129. The molecule has 0 unspecified atom stereocenters. The number of carbonyl (C=O) groups is 2. The number of nitrogens with one attached hydrogen (secondary N) is 1. The highest BCUT2D eigenvalue weighted by Crippen LogP contribution is 2.33. The highest BCUT2D eigenvalue weighted by molar-refractivity contribution is 6.03. The van der Waals surface area contributed by atoms with Gasteiger partial charge in [-0.15, -0.1) is 0 Å². The van der Waals surface area contributed by atoms with E-state index in [1.807, 2.05) is 103 Å². The molecule has 1 aromatic heterocycles. The van der Waals surface area contributed by atoms with Gasteiger partial charge in [-0.2, -0.15) is 0 Å². The Hall–Kier alpha value is -3.86. The molecule has 0 bridgehead atoms. The second-order valence-corrected chi connectivity index (χ2v) is 8.99. The smallest absolute Gasteiger partial charge is 0.271 e. The molecule has 0 saturated carbocycles. The largest absolute Gasteiger partial charge is 0.350 e. The van der Waals surface area contributed by atoms with Crippen LogP contribution in [0.5, 0.6) is 0 Å². The Morgan fingerprint density at radius 2 is 1.64 bits per heavy atom. The van der Waals surface area contributed by atoms with Gasteiger partial charge in [0, 0.05) is 24.0 Å². The van der Waals surface area contributed by atoms with E-state index in [9.17, 15) is 9.59 Å². The van der Waals surface area contributed by atoms with E-state index in [-0.39, 0.29) is 11.8 Å². The molecule has 0 saturated heterocycles. The fourth-order valence-electron chi connectivity index (χ4n) is 4.60. The second kappa shape index (κ2) is 8.24. The zero-order valence-electron chi connectivity index (χ0n) is 18.9. The minimum atomic E-state index is -1.04. The van der Waals surface area contributed by atoms with Crippen molar-refractivity contribution in [3.8, 4) is 0 Å². The molecule has 2 heterocycles. The SMILES string of the molecule is Cc1ccc(CN2C(=O)c3cc4ccccc4n3C[C@]2(C)C(=O)NCc2ccccc2)cc1. The molecule has 1 aliphatic heterocycles. The Balaban J connectivity index is 1.53. The zero-order valence-corrected chi connectivity index (χ0v) is 18.9. The summed E-state index contributed by atoms with van der Waals surface area (Å²) in [4.78, 5) is 29.1. The Kier molecular flexibility index (Phi) is 5.25. The van der Waals surface area contributed by atoms with Crippen LogP contribution in [0.15, 0.2) is 84.9 Å². The monoisotopic (exact) mass is 437 g/mol. The topological polar surface area (TPSA) is 54.3 Å². The van der Waals surface area contributed by atoms with Crippen molar-refractivity contribution in [1.29, 1.82) is 0 Å². The van der Waals surface area contributed by atoms with Crippen LogP contribution in [0.4, 0.5) is 0 Å². The Bertz CT molecular complexity index is 1320. The predicted molar refractivity (Wildman–Crippen MR) is 130 cm³/mol. The van der Waals surface area contributed by atoms with Crippen molar-refractivity contribution in [1.82, 2.24) is 14.8 Å². The summed E-state index contributed by atoms with van der Waals surface area (Å²) in [7, 11) is 0. The van der Waals surface area contributed by atoms with E-state index in [0.29, 0.717) is 25.3 Å². The lowest BCUT2D eigenvalue weighted by atomic mass is 9.93. The summed E-state index contributed by atoms with van der Waals surface area (Å²) in [5, 5.41) is 4.08. The van der Waals surface area contributed by atoms with Gasteiger partial charge in [-0.3, -0.25) is 9.59 Å². The van der Waals surface area contributed by atoms with Crippen LogP contribution in [0.25, 0.3) is 10.9 Å². The number of rotatable bonds is 5. The lowest BCUT2D eigenvalue weighted by molar-refractivity contribution is -0.133. The van der Waals surface area contributed by atoms with Crippen LogP contribution in [0.3, 0.4) is 0 Å². The van der Waals surface area contributed by atoms with Crippen molar-refractivity contribution in [2.75, 3.05) is 0 Å². The van der Waals surface area contributed by atoms with Crippen molar-refractivity contribution >= 4 is 22.7 Å². The number of aryl methyl sites for hydroxylation is 1. The van der Waals surface area contributed by atoms with Crippen molar-refractivity contribution in [3.63, 3.8) is 0 Å². The highest BCUT2D eigenvalue weighted by atomic mass is 16.2. The van der Waals surface area contributed by atoms with E-state index in [1.54, 1.807) is 4.90 Å². The second-order valence-electron chi connectivity index (χ2n) is 8.99. The van der Waals surface area contributed by atoms with Gasteiger partial charge in [0.2, 0.25) is 5.91 Å². The average Bonchev–Trinajstić information content (AvgIpc) is 3.20. The molecule has 4 aromatic rings. The maximum absolute atomic E-state index is 13.8. The van der Waals surface area contributed by atoms with Gasteiger partial charge in [0.1, 0.15) is 11.2 Å². The number of hydrogen-bond donors (Lipinski definition) is 1. The third-order valence-electron chi connectivity index (χ3n) is 6.58. The Morgan fingerprint density at radius 1 is 0.939 bits per heavy atom. The number of amides is 2. The summed E-state index contributed by atoms with van der Waals surface area (Å²) >= 11 is 0. The Labute approximate surface area is 193 Å². The van der Waals surface area contributed by atoms with E-state index in [2.05, 4.69) is 5.32 Å². The van der Waals surface area contributed by atoms with Gasteiger partial charge in [0.15, 0.2) is 0 Å². The average molecular weight is 438 g/mol.